The Morgan fingerprint density at radius 2 is 1.96 bits per heavy atom. The van der Waals surface area contributed by atoms with Crippen LogP contribution in [0, 0.1) is 12.8 Å². The number of carboxylic acid groups (broad SMARTS) is 1. The van der Waals surface area contributed by atoms with Crippen molar-refractivity contribution in [2.75, 3.05) is 26.2 Å². The van der Waals surface area contributed by atoms with Gasteiger partial charge in [-0.25, -0.2) is 13.4 Å². The van der Waals surface area contributed by atoms with Crippen molar-refractivity contribution in [3.8, 4) is 0 Å². The molecule has 0 spiro atoms. The number of amides is 1. The number of carboxylic acids is 1. The molecule has 26 heavy (non-hydrogen) atoms. The average molecular weight is 386 g/mol. The molecule has 0 unspecified atom stereocenters. The molecule has 1 aliphatic rings. The third-order valence-electron chi connectivity index (χ3n) is 4.63. The van der Waals surface area contributed by atoms with E-state index in [0.29, 0.717) is 31.6 Å². The number of aromatic nitrogens is 2. The van der Waals surface area contributed by atoms with Gasteiger partial charge in [0.1, 0.15) is 12.4 Å². The molecule has 1 saturated heterocycles. The van der Waals surface area contributed by atoms with Gasteiger partial charge in [-0.3, -0.25) is 9.59 Å². The molecule has 0 aromatic carbocycles. The van der Waals surface area contributed by atoms with Gasteiger partial charge in [-0.1, -0.05) is 6.92 Å². The lowest BCUT2D eigenvalue weighted by atomic mass is 9.96. The van der Waals surface area contributed by atoms with Gasteiger partial charge in [0.25, 0.3) is 10.0 Å². The zero-order valence-corrected chi connectivity index (χ0v) is 16.2. The second kappa shape index (κ2) is 8.17. The van der Waals surface area contributed by atoms with Gasteiger partial charge >= 0.3 is 5.97 Å². The Bertz CT molecular complexity index is 746. The van der Waals surface area contributed by atoms with Crippen LogP contribution in [-0.4, -0.2) is 70.3 Å². The summed E-state index contributed by atoms with van der Waals surface area (Å²) in [7, 11) is -1.95. The van der Waals surface area contributed by atoms with Gasteiger partial charge in [0, 0.05) is 38.8 Å². The fourth-order valence-electron chi connectivity index (χ4n) is 3.08. The van der Waals surface area contributed by atoms with Crippen LogP contribution < -0.4 is 0 Å². The first-order valence-corrected chi connectivity index (χ1v) is 10.1. The standard InChI is InChI=1S/C16H26N4O5S/c1-4-7-19(11-15(21)22)16(23)13-5-8-20(9-6-13)26(24,25)14-10-18(3)12(2)17-14/h10,13H,4-9,11H2,1-3H3,(H,21,22). The Hall–Kier alpha value is -1.94. The van der Waals surface area contributed by atoms with Gasteiger partial charge in [-0.15, -0.1) is 0 Å². The molecule has 1 N–H and O–H groups in total. The minimum Gasteiger partial charge on any atom is -0.480 e. The van der Waals surface area contributed by atoms with Crippen molar-refractivity contribution in [1.29, 1.82) is 0 Å². The van der Waals surface area contributed by atoms with Crippen LogP contribution in [-0.2, 0) is 26.7 Å². The van der Waals surface area contributed by atoms with E-state index >= 15 is 0 Å². The summed E-state index contributed by atoms with van der Waals surface area (Å²) in [5.41, 5.74) is 0. The number of aryl methyl sites for hydroxylation is 2. The third kappa shape index (κ3) is 4.42. The number of nitrogens with zero attached hydrogens (tertiary/aromatic N) is 4. The van der Waals surface area contributed by atoms with Crippen LogP contribution in [0.4, 0.5) is 0 Å². The van der Waals surface area contributed by atoms with Gasteiger partial charge in [-0.05, 0) is 26.2 Å². The minimum atomic E-state index is -3.68. The van der Waals surface area contributed by atoms with Crippen molar-refractivity contribution < 1.29 is 23.1 Å². The summed E-state index contributed by atoms with van der Waals surface area (Å²) in [5, 5.41) is 8.98. The molecule has 146 valence electrons. The first-order chi connectivity index (χ1) is 12.2. The zero-order valence-electron chi connectivity index (χ0n) is 15.4. The second-order valence-electron chi connectivity index (χ2n) is 6.57. The van der Waals surface area contributed by atoms with Crippen molar-refractivity contribution >= 4 is 21.9 Å². The van der Waals surface area contributed by atoms with Crippen LogP contribution in [0.1, 0.15) is 32.0 Å². The average Bonchev–Trinajstić information content (AvgIpc) is 2.93. The lowest BCUT2D eigenvalue weighted by Gasteiger charge is -2.32. The molecule has 1 aromatic heterocycles. The lowest BCUT2D eigenvalue weighted by molar-refractivity contribution is -0.146. The summed E-state index contributed by atoms with van der Waals surface area (Å²) in [4.78, 5) is 29.0. The van der Waals surface area contributed by atoms with E-state index in [2.05, 4.69) is 4.98 Å². The maximum atomic E-state index is 12.7. The molecule has 10 heteroatoms. The molecule has 0 bridgehead atoms. The van der Waals surface area contributed by atoms with Crippen LogP contribution in [0.15, 0.2) is 11.2 Å². The van der Waals surface area contributed by atoms with Gasteiger partial charge < -0.3 is 14.6 Å². The fourth-order valence-corrected chi connectivity index (χ4v) is 4.58. The number of imidazole rings is 1. The highest BCUT2D eigenvalue weighted by atomic mass is 32.2. The molecule has 0 atom stereocenters. The third-order valence-corrected chi connectivity index (χ3v) is 6.40. The van der Waals surface area contributed by atoms with Gasteiger partial charge in [0.2, 0.25) is 5.91 Å². The first-order valence-electron chi connectivity index (χ1n) is 8.67. The number of hydrogen-bond donors (Lipinski definition) is 1. The Morgan fingerprint density at radius 1 is 1.35 bits per heavy atom. The second-order valence-corrected chi connectivity index (χ2v) is 8.45. The number of piperidine rings is 1. The Kier molecular flexibility index (Phi) is 6.40. The van der Waals surface area contributed by atoms with E-state index in [4.69, 9.17) is 5.11 Å². The number of carbonyl (C=O) groups excluding carboxylic acids is 1. The van der Waals surface area contributed by atoms with Crippen molar-refractivity contribution in [3.63, 3.8) is 0 Å². The van der Waals surface area contributed by atoms with E-state index in [1.54, 1.807) is 18.5 Å². The molecule has 1 amide bonds. The predicted octanol–water partition coefficient (Wildman–Crippen LogP) is 0.452. The van der Waals surface area contributed by atoms with Crippen molar-refractivity contribution in [1.82, 2.24) is 18.8 Å². The smallest absolute Gasteiger partial charge is 0.323 e. The maximum absolute atomic E-state index is 12.7. The molecule has 1 fully saturated rings. The molecule has 2 rings (SSSR count). The van der Waals surface area contributed by atoms with E-state index in [-0.39, 0.29) is 36.5 Å². The summed E-state index contributed by atoms with van der Waals surface area (Å²) in [6, 6.07) is 0. The molecule has 9 nitrogen and oxygen atoms in total. The van der Waals surface area contributed by atoms with Crippen LogP contribution in [0.25, 0.3) is 0 Å². The zero-order chi connectivity index (χ0) is 19.5. The maximum Gasteiger partial charge on any atom is 0.323 e. The van der Waals surface area contributed by atoms with E-state index in [1.165, 1.54) is 15.4 Å². The molecule has 2 heterocycles. The van der Waals surface area contributed by atoms with E-state index < -0.39 is 16.0 Å². The Morgan fingerprint density at radius 3 is 2.42 bits per heavy atom. The molecule has 1 aliphatic heterocycles. The SMILES string of the molecule is CCCN(CC(=O)O)C(=O)C1CCN(S(=O)(=O)c2cn(C)c(C)n2)CC1. The highest BCUT2D eigenvalue weighted by molar-refractivity contribution is 7.89. The van der Waals surface area contributed by atoms with Crippen LogP contribution >= 0.6 is 0 Å². The van der Waals surface area contributed by atoms with Crippen molar-refractivity contribution in [2.24, 2.45) is 13.0 Å². The highest BCUT2D eigenvalue weighted by Gasteiger charge is 2.35. The Balaban J connectivity index is 2.03. The molecule has 0 radical (unpaired) electrons. The monoisotopic (exact) mass is 386 g/mol. The predicted molar refractivity (Wildman–Crippen MR) is 93.9 cm³/mol. The quantitative estimate of drug-likeness (QED) is 0.728. The molecular weight excluding hydrogens is 360 g/mol. The van der Waals surface area contributed by atoms with Gasteiger partial charge in [0.15, 0.2) is 5.03 Å². The largest absolute Gasteiger partial charge is 0.480 e. The van der Waals surface area contributed by atoms with Crippen molar-refractivity contribution in [3.05, 3.63) is 12.0 Å². The number of aliphatic carboxylic acids is 1. The summed E-state index contributed by atoms with van der Waals surface area (Å²) < 4.78 is 28.4. The van der Waals surface area contributed by atoms with Crippen LogP contribution in [0.5, 0.6) is 0 Å². The Labute approximate surface area is 153 Å². The lowest BCUT2D eigenvalue weighted by Crippen LogP contribution is -2.45. The van der Waals surface area contributed by atoms with E-state index in [0.717, 1.165) is 0 Å². The summed E-state index contributed by atoms with van der Waals surface area (Å²) in [6.45, 7) is 4.12. The molecule has 1 aromatic rings. The minimum absolute atomic E-state index is 0.0146. The molecule has 0 saturated carbocycles. The highest BCUT2D eigenvalue weighted by Crippen LogP contribution is 2.25. The fraction of sp³-hybridized carbons (Fsp3) is 0.688. The topological polar surface area (TPSA) is 113 Å². The summed E-state index contributed by atoms with van der Waals surface area (Å²) in [6.07, 6.45) is 2.91. The number of rotatable bonds is 7. The van der Waals surface area contributed by atoms with Crippen LogP contribution in [0.3, 0.4) is 0 Å². The summed E-state index contributed by atoms with van der Waals surface area (Å²) in [5.74, 6) is -0.993. The molecule has 0 aliphatic carbocycles. The van der Waals surface area contributed by atoms with Gasteiger partial charge in [0.05, 0.1) is 0 Å². The van der Waals surface area contributed by atoms with E-state index in [9.17, 15) is 18.0 Å². The number of hydrogen-bond acceptors (Lipinski definition) is 5. The normalized spacial score (nSPS) is 16.6. The first kappa shape index (κ1) is 20.4. The number of sulfonamides is 1. The van der Waals surface area contributed by atoms with Crippen LogP contribution in [0.2, 0.25) is 0 Å². The number of carbonyl (C=O) groups is 2. The van der Waals surface area contributed by atoms with Crippen molar-refractivity contribution in [2.45, 2.75) is 38.1 Å². The molecular formula is C16H26N4O5S. The van der Waals surface area contributed by atoms with E-state index in [1.807, 2.05) is 6.92 Å². The summed E-state index contributed by atoms with van der Waals surface area (Å²) >= 11 is 0. The van der Waals surface area contributed by atoms with Gasteiger partial charge in [-0.2, -0.15) is 4.31 Å².